The first kappa shape index (κ1) is 16.4. The summed E-state index contributed by atoms with van der Waals surface area (Å²) in [4.78, 5) is 3.42. The van der Waals surface area contributed by atoms with Gasteiger partial charge in [0, 0.05) is 21.5 Å². The van der Waals surface area contributed by atoms with Crippen molar-refractivity contribution in [3.8, 4) is 11.5 Å². The maximum Gasteiger partial charge on any atom is 0.133 e. The minimum atomic E-state index is 0.852. The van der Waals surface area contributed by atoms with Gasteiger partial charge in [-0.2, -0.15) is 0 Å². The van der Waals surface area contributed by atoms with Gasteiger partial charge in [-0.25, -0.2) is 0 Å². The molecule has 112 valence electrons. The van der Waals surface area contributed by atoms with Gasteiger partial charge in [-0.1, -0.05) is 22.0 Å². The van der Waals surface area contributed by atoms with Gasteiger partial charge in [-0.05, 0) is 63.2 Å². The van der Waals surface area contributed by atoms with Crippen molar-refractivity contribution in [1.29, 1.82) is 0 Å². The first-order chi connectivity index (χ1) is 9.99. The highest BCUT2D eigenvalue weighted by Crippen LogP contribution is 2.31. The van der Waals surface area contributed by atoms with Gasteiger partial charge in [0.15, 0.2) is 0 Å². The van der Waals surface area contributed by atoms with Crippen LogP contribution in [-0.2, 0) is 6.54 Å². The van der Waals surface area contributed by atoms with Crippen LogP contribution in [0.3, 0.4) is 0 Å². The van der Waals surface area contributed by atoms with E-state index in [-0.39, 0.29) is 0 Å². The Hall–Kier alpha value is -0.970. The van der Waals surface area contributed by atoms with E-state index in [0.29, 0.717) is 0 Å². The molecule has 2 aromatic rings. The van der Waals surface area contributed by atoms with Crippen LogP contribution in [-0.4, -0.2) is 25.3 Å². The zero-order valence-electron chi connectivity index (χ0n) is 12.8. The lowest BCUT2D eigenvalue weighted by Gasteiger charge is -2.16. The number of thioether (sulfide) groups is 1. The van der Waals surface area contributed by atoms with E-state index in [1.807, 2.05) is 18.2 Å². The number of ether oxygens (including phenoxy) is 1. The van der Waals surface area contributed by atoms with Crippen LogP contribution in [0.1, 0.15) is 11.1 Å². The van der Waals surface area contributed by atoms with Crippen LogP contribution in [0.15, 0.2) is 45.8 Å². The summed E-state index contributed by atoms with van der Waals surface area (Å²) in [7, 11) is 4.12. The maximum atomic E-state index is 6.11. The highest BCUT2D eigenvalue weighted by molar-refractivity contribution is 9.10. The molecule has 2 nitrogen and oxygen atoms in total. The Balaban J connectivity index is 2.29. The van der Waals surface area contributed by atoms with Crippen molar-refractivity contribution in [2.75, 3.05) is 20.4 Å². The highest BCUT2D eigenvalue weighted by Gasteiger charge is 2.08. The van der Waals surface area contributed by atoms with E-state index in [1.54, 1.807) is 11.8 Å². The molecule has 0 aromatic heterocycles. The van der Waals surface area contributed by atoms with Gasteiger partial charge in [0.05, 0.1) is 0 Å². The fourth-order valence-electron chi connectivity index (χ4n) is 2.14. The third-order valence-electron chi connectivity index (χ3n) is 3.11. The van der Waals surface area contributed by atoms with Crippen molar-refractivity contribution in [3.63, 3.8) is 0 Å². The van der Waals surface area contributed by atoms with Crippen LogP contribution in [0.2, 0.25) is 0 Å². The van der Waals surface area contributed by atoms with Crippen LogP contribution in [0.5, 0.6) is 11.5 Å². The predicted octanol–water partition coefficient (Wildman–Crippen LogP) is 5.33. The summed E-state index contributed by atoms with van der Waals surface area (Å²) in [5, 5.41) is 0. The largest absolute Gasteiger partial charge is 0.457 e. The van der Waals surface area contributed by atoms with E-state index < -0.39 is 0 Å². The third-order valence-corrected chi connectivity index (χ3v) is 4.50. The lowest BCUT2D eigenvalue weighted by Crippen LogP contribution is -2.11. The Kier molecular flexibility index (Phi) is 5.73. The van der Waals surface area contributed by atoms with Crippen molar-refractivity contribution in [2.24, 2.45) is 0 Å². The molecular formula is C17H20BrNOS. The molecule has 0 aliphatic carbocycles. The normalized spacial score (nSPS) is 11.0. The van der Waals surface area contributed by atoms with Gasteiger partial charge in [0.1, 0.15) is 11.5 Å². The average Bonchev–Trinajstić information content (AvgIpc) is 2.42. The summed E-state index contributed by atoms with van der Waals surface area (Å²) >= 11 is 5.27. The molecule has 2 rings (SSSR count). The van der Waals surface area contributed by atoms with Crippen LogP contribution in [0.4, 0.5) is 0 Å². The number of nitrogens with zero attached hydrogens (tertiary/aromatic N) is 1. The molecule has 0 bridgehead atoms. The van der Waals surface area contributed by atoms with Gasteiger partial charge in [-0.15, -0.1) is 11.8 Å². The van der Waals surface area contributed by atoms with Crippen molar-refractivity contribution in [2.45, 2.75) is 18.4 Å². The number of halogens is 1. The summed E-state index contributed by atoms with van der Waals surface area (Å²) in [6.45, 7) is 2.96. The fraction of sp³-hybridized carbons (Fsp3) is 0.294. The smallest absolute Gasteiger partial charge is 0.133 e. The van der Waals surface area contributed by atoms with Gasteiger partial charge in [0.25, 0.3) is 0 Å². The summed E-state index contributed by atoms with van der Waals surface area (Å²) in [5.41, 5.74) is 2.42. The van der Waals surface area contributed by atoms with E-state index in [4.69, 9.17) is 4.74 Å². The topological polar surface area (TPSA) is 12.5 Å². The highest BCUT2D eigenvalue weighted by atomic mass is 79.9. The SMILES string of the molecule is CSc1ccc(Oc2cc(Br)ccc2CN(C)C)cc1C. The molecule has 0 amide bonds. The molecule has 0 radical (unpaired) electrons. The first-order valence-electron chi connectivity index (χ1n) is 6.75. The van der Waals surface area contributed by atoms with Crippen molar-refractivity contribution in [3.05, 3.63) is 52.0 Å². The van der Waals surface area contributed by atoms with E-state index in [2.05, 4.69) is 66.3 Å². The molecule has 0 fully saturated rings. The van der Waals surface area contributed by atoms with Gasteiger partial charge in [-0.3, -0.25) is 0 Å². The molecule has 0 spiro atoms. The second kappa shape index (κ2) is 7.34. The van der Waals surface area contributed by atoms with Gasteiger partial charge >= 0.3 is 0 Å². The lowest BCUT2D eigenvalue weighted by atomic mass is 10.2. The second-order valence-corrected chi connectivity index (χ2v) is 6.99. The fourth-order valence-corrected chi connectivity index (χ4v) is 3.06. The molecule has 0 saturated heterocycles. The van der Waals surface area contributed by atoms with E-state index in [9.17, 15) is 0 Å². The molecule has 0 N–H and O–H groups in total. The number of hydrogen-bond donors (Lipinski definition) is 0. The van der Waals surface area contributed by atoms with Crippen molar-refractivity contribution < 1.29 is 4.74 Å². The summed E-state index contributed by atoms with van der Waals surface area (Å²) < 4.78 is 7.13. The summed E-state index contributed by atoms with van der Waals surface area (Å²) in [5.74, 6) is 1.78. The first-order valence-corrected chi connectivity index (χ1v) is 8.77. The number of aryl methyl sites for hydroxylation is 1. The molecule has 4 heteroatoms. The Labute approximate surface area is 139 Å². The molecule has 21 heavy (non-hydrogen) atoms. The zero-order valence-corrected chi connectivity index (χ0v) is 15.2. The minimum absolute atomic E-state index is 0.852. The number of rotatable bonds is 5. The Morgan fingerprint density at radius 2 is 1.90 bits per heavy atom. The molecule has 0 saturated carbocycles. The monoisotopic (exact) mass is 365 g/mol. The summed E-state index contributed by atoms with van der Waals surface area (Å²) in [6.07, 6.45) is 2.09. The van der Waals surface area contributed by atoms with Gasteiger partial charge in [0.2, 0.25) is 0 Å². The summed E-state index contributed by atoms with van der Waals surface area (Å²) in [6, 6.07) is 12.4. The Morgan fingerprint density at radius 1 is 1.14 bits per heavy atom. The van der Waals surface area contributed by atoms with Crippen LogP contribution < -0.4 is 4.74 Å². The van der Waals surface area contributed by atoms with Gasteiger partial charge < -0.3 is 9.64 Å². The molecular weight excluding hydrogens is 346 g/mol. The second-order valence-electron chi connectivity index (χ2n) is 5.22. The molecule has 0 atom stereocenters. The third kappa shape index (κ3) is 4.50. The van der Waals surface area contributed by atoms with Crippen molar-refractivity contribution in [1.82, 2.24) is 4.90 Å². The number of benzene rings is 2. The Bertz CT molecular complexity index is 628. The van der Waals surface area contributed by atoms with E-state index >= 15 is 0 Å². The quantitative estimate of drug-likeness (QED) is 0.664. The van der Waals surface area contributed by atoms with Crippen LogP contribution >= 0.6 is 27.7 Å². The minimum Gasteiger partial charge on any atom is -0.457 e. The molecule has 2 aromatic carbocycles. The van der Waals surface area contributed by atoms with Crippen LogP contribution in [0, 0.1) is 6.92 Å². The van der Waals surface area contributed by atoms with E-state index in [1.165, 1.54) is 16.0 Å². The molecule has 0 aliphatic heterocycles. The molecule has 0 unspecified atom stereocenters. The predicted molar refractivity (Wildman–Crippen MR) is 94.6 cm³/mol. The molecule has 0 aliphatic rings. The molecule has 0 heterocycles. The average molecular weight is 366 g/mol. The van der Waals surface area contributed by atoms with Crippen molar-refractivity contribution >= 4 is 27.7 Å². The zero-order chi connectivity index (χ0) is 15.4. The van der Waals surface area contributed by atoms with E-state index in [0.717, 1.165) is 22.5 Å². The Morgan fingerprint density at radius 3 is 2.52 bits per heavy atom. The lowest BCUT2D eigenvalue weighted by molar-refractivity contribution is 0.388. The number of hydrogen-bond acceptors (Lipinski definition) is 3. The standard InChI is InChI=1S/C17H20BrNOS/c1-12-9-15(7-8-17(12)21-4)20-16-10-14(18)6-5-13(16)11-19(2)3/h5-10H,11H2,1-4H3. The maximum absolute atomic E-state index is 6.11. The van der Waals surface area contributed by atoms with Crippen LogP contribution in [0.25, 0.3) is 0 Å².